The molecule has 226 valence electrons. The first-order valence-corrected chi connectivity index (χ1v) is 13.0. The Morgan fingerprint density at radius 3 is 2.05 bits per heavy atom. The van der Waals surface area contributed by atoms with Crippen LogP contribution in [0.4, 0.5) is 26.3 Å². The summed E-state index contributed by atoms with van der Waals surface area (Å²) in [6, 6.07) is 0.492. The predicted octanol–water partition coefficient (Wildman–Crippen LogP) is 4.65. The zero-order chi connectivity index (χ0) is 30.7. The Kier molecular flexibility index (Phi) is 7.30. The van der Waals surface area contributed by atoms with Gasteiger partial charge in [-0.2, -0.15) is 26.3 Å². The third kappa shape index (κ3) is 4.79. The number of hydrogen-bond donors (Lipinski definition) is 0. The van der Waals surface area contributed by atoms with Crippen LogP contribution < -0.4 is 14.2 Å². The molecule has 0 spiro atoms. The summed E-state index contributed by atoms with van der Waals surface area (Å²) in [4.78, 5) is 43.2. The Balaban J connectivity index is 1.54. The average molecular weight is 601 g/mol. The molecule has 0 N–H and O–H groups in total. The van der Waals surface area contributed by atoms with Gasteiger partial charge in [0, 0.05) is 12.1 Å². The van der Waals surface area contributed by atoms with Crippen LogP contribution in [-0.4, -0.2) is 66.9 Å². The summed E-state index contributed by atoms with van der Waals surface area (Å²) in [6.45, 7) is -0.554. The highest BCUT2D eigenvalue weighted by molar-refractivity contribution is 6.43. The number of carbonyl (C=O) groups is 3. The normalized spacial score (nSPS) is 21.8. The number of amides is 2. The van der Waals surface area contributed by atoms with E-state index >= 15 is 0 Å². The second-order valence-electron chi connectivity index (χ2n) is 10.4. The monoisotopic (exact) mass is 600 g/mol. The lowest BCUT2D eigenvalue weighted by atomic mass is 9.78. The summed E-state index contributed by atoms with van der Waals surface area (Å²) in [5, 5.41) is 0. The molecule has 3 atom stereocenters. The first-order valence-electron chi connectivity index (χ1n) is 13.0. The fourth-order valence-corrected chi connectivity index (χ4v) is 6.31. The van der Waals surface area contributed by atoms with Crippen molar-refractivity contribution >= 4 is 17.6 Å². The molecular weight excluding hydrogens is 574 g/mol. The minimum atomic E-state index is -5.08. The first kappa shape index (κ1) is 29.5. The van der Waals surface area contributed by atoms with Gasteiger partial charge in [-0.3, -0.25) is 14.4 Å². The lowest BCUT2D eigenvalue weighted by Crippen LogP contribution is -2.71. The van der Waals surface area contributed by atoms with E-state index in [2.05, 4.69) is 0 Å². The van der Waals surface area contributed by atoms with E-state index in [1.165, 1.54) is 38.4 Å². The maximum absolute atomic E-state index is 13.9. The van der Waals surface area contributed by atoms with Gasteiger partial charge in [0.05, 0.1) is 44.5 Å². The van der Waals surface area contributed by atoms with E-state index in [1.54, 1.807) is 0 Å². The molecule has 2 amide bonds. The molecule has 14 heteroatoms. The van der Waals surface area contributed by atoms with Crippen molar-refractivity contribution in [2.45, 2.75) is 62.7 Å². The minimum absolute atomic E-state index is 0.0698. The van der Waals surface area contributed by atoms with E-state index in [0.717, 1.165) is 4.90 Å². The molecule has 8 nitrogen and oxygen atoms in total. The quantitative estimate of drug-likeness (QED) is 0.282. The number of carbonyl (C=O) groups excluding carboxylic acids is 3. The number of fused-ring (bicyclic) bond motifs is 5. The molecule has 0 radical (unpaired) electrons. The molecule has 2 aromatic rings. The third-order valence-corrected chi connectivity index (χ3v) is 8.17. The fourth-order valence-electron chi connectivity index (χ4n) is 6.31. The number of benzene rings is 2. The number of ether oxygens (including phenoxy) is 3. The first-order chi connectivity index (χ1) is 19.7. The van der Waals surface area contributed by atoms with E-state index in [9.17, 15) is 40.7 Å². The molecular formula is C28H26F6N2O6. The SMILES string of the molecule is COc1cc(C(=O)C(=O)N2C3CCCC2[C@@H]2Cc4cc(C(F)(F)F)cc(C(F)(F)F)c4CN2C3=O)cc(OC)c1OC. The fraction of sp³-hybridized carbons (Fsp3) is 0.464. The van der Waals surface area contributed by atoms with Gasteiger partial charge in [-0.15, -0.1) is 0 Å². The van der Waals surface area contributed by atoms with Crippen molar-refractivity contribution in [3.8, 4) is 17.2 Å². The van der Waals surface area contributed by atoms with Gasteiger partial charge in [-0.1, -0.05) is 0 Å². The summed E-state index contributed by atoms with van der Waals surface area (Å²) in [5.74, 6) is -2.25. The number of hydrogen-bond acceptors (Lipinski definition) is 6. The lowest BCUT2D eigenvalue weighted by Gasteiger charge is -2.55. The number of piperazine rings is 1. The Labute approximate surface area is 236 Å². The van der Waals surface area contributed by atoms with Crippen LogP contribution in [0.3, 0.4) is 0 Å². The van der Waals surface area contributed by atoms with Crippen molar-refractivity contribution in [3.05, 3.63) is 52.1 Å². The molecule has 42 heavy (non-hydrogen) atoms. The van der Waals surface area contributed by atoms with Gasteiger partial charge in [0.2, 0.25) is 11.7 Å². The van der Waals surface area contributed by atoms with Crippen LogP contribution >= 0.6 is 0 Å². The molecule has 0 saturated carbocycles. The molecule has 3 aliphatic rings. The summed E-state index contributed by atoms with van der Waals surface area (Å²) >= 11 is 0. The van der Waals surface area contributed by atoms with Gasteiger partial charge in [0.1, 0.15) is 6.04 Å². The van der Waals surface area contributed by atoms with Crippen LogP contribution in [0, 0.1) is 0 Å². The Morgan fingerprint density at radius 2 is 1.50 bits per heavy atom. The second kappa shape index (κ2) is 10.4. The van der Waals surface area contributed by atoms with Crippen LogP contribution in [0.2, 0.25) is 0 Å². The van der Waals surface area contributed by atoms with Crippen LogP contribution in [0.15, 0.2) is 24.3 Å². The molecule has 3 aliphatic heterocycles. The smallest absolute Gasteiger partial charge is 0.416 e. The molecule has 0 aromatic heterocycles. The number of nitrogens with zero attached hydrogens (tertiary/aromatic N) is 2. The van der Waals surface area contributed by atoms with Gasteiger partial charge in [-0.05, 0) is 61.1 Å². The summed E-state index contributed by atoms with van der Waals surface area (Å²) in [5.41, 5.74) is -3.60. The number of ketones is 1. The van der Waals surface area contributed by atoms with E-state index in [0.29, 0.717) is 18.9 Å². The maximum Gasteiger partial charge on any atom is 0.416 e. The Morgan fingerprint density at radius 1 is 0.857 bits per heavy atom. The second-order valence-corrected chi connectivity index (χ2v) is 10.4. The number of halogens is 6. The number of methoxy groups -OCH3 is 3. The van der Waals surface area contributed by atoms with E-state index in [1.807, 2.05) is 0 Å². The molecule has 2 saturated heterocycles. The van der Waals surface area contributed by atoms with Crippen LogP contribution in [0.1, 0.15) is 51.9 Å². The van der Waals surface area contributed by atoms with Crippen molar-refractivity contribution < 1.29 is 54.9 Å². The van der Waals surface area contributed by atoms with Gasteiger partial charge in [0.15, 0.2) is 11.5 Å². The predicted molar refractivity (Wildman–Crippen MR) is 133 cm³/mol. The van der Waals surface area contributed by atoms with E-state index in [4.69, 9.17) is 14.2 Å². The van der Waals surface area contributed by atoms with E-state index < -0.39 is 71.3 Å². The van der Waals surface area contributed by atoms with Crippen LogP contribution in [0.5, 0.6) is 17.2 Å². The average Bonchev–Trinajstić information content (AvgIpc) is 2.95. The van der Waals surface area contributed by atoms with Crippen molar-refractivity contribution in [2.24, 2.45) is 0 Å². The largest absolute Gasteiger partial charge is 0.493 e. The number of piperidine rings is 1. The van der Waals surface area contributed by atoms with Crippen molar-refractivity contribution in [3.63, 3.8) is 0 Å². The molecule has 0 aliphatic carbocycles. The van der Waals surface area contributed by atoms with Gasteiger partial charge in [-0.25, -0.2) is 0 Å². The lowest BCUT2D eigenvalue weighted by molar-refractivity contribution is -0.165. The summed E-state index contributed by atoms with van der Waals surface area (Å²) < 4.78 is 98.1. The van der Waals surface area contributed by atoms with Crippen molar-refractivity contribution in [1.82, 2.24) is 9.80 Å². The molecule has 5 rings (SSSR count). The Hall–Kier alpha value is -3.97. The molecule has 3 heterocycles. The minimum Gasteiger partial charge on any atom is -0.493 e. The Bertz CT molecular complexity index is 1430. The summed E-state index contributed by atoms with van der Waals surface area (Å²) in [6.07, 6.45) is -9.48. The van der Waals surface area contributed by atoms with Crippen molar-refractivity contribution in [2.75, 3.05) is 21.3 Å². The highest BCUT2D eigenvalue weighted by Gasteiger charge is 2.54. The summed E-state index contributed by atoms with van der Waals surface area (Å²) in [7, 11) is 4.01. The molecule has 2 fully saturated rings. The highest BCUT2D eigenvalue weighted by Crippen LogP contribution is 2.45. The molecule has 2 unspecified atom stereocenters. The third-order valence-electron chi connectivity index (χ3n) is 8.17. The number of Topliss-reactive ketones (excluding diaryl/α,β-unsaturated/α-hetero) is 1. The van der Waals surface area contributed by atoms with Gasteiger partial charge in [0.25, 0.3) is 11.7 Å². The van der Waals surface area contributed by atoms with Crippen LogP contribution in [0.25, 0.3) is 0 Å². The number of alkyl halides is 6. The molecule has 2 aromatic carbocycles. The van der Waals surface area contributed by atoms with Crippen molar-refractivity contribution in [1.29, 1.82) is 0 Å². The zero-order valence-electron chi connectivity index (χ0n) is 22.7. The highest BCUT2D eigenvalue weighted by atomic mass is 19.4. The topological polar surface area (TPSA) is 85.4 Å². The van der Waals surface area contributed by atoms with Gasteiger partial charge >= 0.3 is 12.4 Å². The number of rotatable bonds is 5. The maximum atomic E-state index is 13.9. The van der Waals surface area contributed by atoms with Gasteiger partial charge < -0.3 is 24.0 Å². The zero-order valence-corrected chi connectivity index (χ0v) is 22.7. The van der Waals surface area contributed by atoms with Crippen LogP contribution in [-0.2, 0) is 34.9 Å². The van der Waals surface area contributed by atoms with E-state index in [-0.39, 0.29) is 47.3 Å². The standard InChI is InChI=1S/C28H26F6N2O6/c1-40-21-9-14(10-22(41-2)24(21)42-3)23(37)26(39)36-18-5-4-6-19(36)25(38)35-12-16-13(8-20(18)35)7-15(27(29,30)31)11-17(16)28(32,33)34/h7,9-11,18-20H,4-6,8,12H2,1-3H3/t18?,19?,20-/m0/s1. The molecule has 2 bridgehead atoms.